The van der Waals surface area contributed by atoms with Crippen LogP contribution in [0.2, 0.25) is 0 Å². The van der Waals surface area contributed by atoms with E-state index in [0.717, 1.165) is 42.1 Å². The van der Waals surface area contributed by atoms with Gasteiger partial charge in [-0.3, -0.25) is 9.59 Å². The van der Waals surface area contributed by atoms with Crippen LogP contribution in [-0.4, -0.2) is 35.7 Å². The molecule has 1 aromatic carbocycles. The minimum atomic E-state index is -0.00701. The number of anilines is 2. The zero-order chi connectivity index (χ0) is 19.5. The van der Waals surface area contributed by atoms with Crippen LogP contribution in [0.15, 0.2) is 24.3 Å². The number of hydrogen-bond acceptors (Lipinski definition) is 6. The van der Waals surface area contributed by atoms with Gasteiger partial charge in [-0.1, -0.05) is 30.6 Å². The summed E-state index contributed by atoms with van der Waals surface area (Å²) in [4.78, 5) is 26.6. The first-order valence-corrected chi connectivity index (χ1v) is 10.5. The Morgan fingerprint density at radius 3 is 2.64 bits per heavy atom. The fraction of sp³-hybridized carbons (Fsp3) is 0.500. The summed E-state index contributed by atoms with van der Waals surface area (Å²) in [6, 6.07) is 7.46. The van der Waals surface area contributed by atoms with Gasteiger partial charge in [-0.25, -0.2) is 0 Å². The molecular weight excluding hydrogens is 376 g/mol. The lowest BCUT2D eigenvalue weighted by molar-refractivity contribution is -0.120. The van der Waals surface area contributed by atoms with Crippen molar-refractivity contribution in [2.24, 2.45) is 5.92 Å². The van der Waals surface area contributed by atoms with Crippen molar-refractivity contribution in [1.82, 2.24) is 10.2 Å². The summed E-state index contributed by atoms with van der Waals surface area (Å²) in [5.41, 5.74) is 0.851. The number of amides is 2. The lowest BCUT2D eigenvalue weighted by atomic mass is 9.89. The minimum Gasteiger partial charge on any atom is -0.497 e. The van der Waals surface area contributed by atoms with Crippen molar-refractivity contribution in [3.63, 3.8) is 0 Å². The summed E-state index contributed by atoms with van der Waals surface area (Å²) in [5, 5.41) is 12.6. The van der Waals surface area contributed by atoms with Gasteiger partial charge in [-0.2, -0.15) is 0 Å². The second-order valence-electron chi connectivity index (χ2n) is 7.37. The van der Waals surface area contributed by atoms with Crippen LogP contribution in [0.3, 0.4) is 0 Å². The average molecular weight is 401 g/mol. The molecule has 0 spiro atoms. The van der Waals surface area contributed by atoms with E-state index in [9.17, 15) is 9.59 Å². The van der Waals surface area contributed by atoms with Crippen molar-refractivity contribution in [2.75, 3.05) is 23.9 Å². The average Bonchev–Trinajstić information content (AvgIpc) is 3.35. The molecule has 7 nitrogen and oxygen atoms in total. The molecule has 1 unspecified atom stereocenters. The van der Waals surface area contributed by atoms with E-state index in [0.29, 0.717) is 18.1 Å². The van der Waals surface area contributed by atoms with Crippen LogP contribution in [0.4, 0.5) is 10.8 Å². The number of nitrogens with one attached hydrogen (secondary N) is 1. The Morgan fingerprint density at radius 1 is 1.18 bits per heavy atom. The summed E-state index contributed by atoms with van der Waals surface area (Å²) in [7, 11) is 1.62. The first-order chi connectivity index (χ1) is 13.6. The van der Waals surface area contributed by atoms with Gasteiger partial charge in [0.2, 0.25) is 16.9 Å². The molecule has 1 aliphatic carbocycles. The topological polar surface area (TPSA) is 84.4 Å². The van der Waals surface area contributed by atoms with Crippen LogP contribution in [0.5, 0.6) is 5.75 Å². The Morgan fingerprint density at radius 2 is 1.93 bits per heavy atom. The molecule has 148 valence electrons. The van der Waals surface area contributed by atoms with E-state index in [1.165, 1.54) is 17.8 Å². The number of nitrogens with zero attached hydrogens (tertiary/aromatic N) is 3. The van der Waals surface area contributed by atoms with Gasteiger partial charge >= 0.3 is 0 Å². The first-order valence-electron chi connectivity index (χ1n) is 9.72. The fourth-order valence-electron chi connectivity index (χ4n) is 3.91. The third-order valence-corrected chi connectivity index (χ3v) is 6.51. The van der Waals surface area contributed by atoms with Crippen LogP contribution < -0.4 is 15.0 Å². The van der Waals surface area contributed by atoms with Gasteiger partial charge in [0.1, 0.15) is 10.8 Å². The molecular formula is C20H24N4O3S. The Labute approximate surface area is 168 Å². The van der Waals surface area contributed by atoms with Crippen LogP contribution in [0.1, 0.15) is 49.5 Å². The molecule has 4 rings (SSSR count). The molecule has 2 heterocycles. The molecule has 8 heteroatoms. The second kappa shape index (κ2) is 8.26. The summed E-state index contributed by atoms with van der Waals surface area (Å²) in [6.45, 7) is 0.566. The molecule has 0 bridgehead atoms. The van der Waals surface area contributed by atoms with E-state index < -0.39 is 0 Å². The summed E-state index contributed by atoms with van der Waals surface area (Å²) in [6.07, 6.45) is 5.75. The molecule has 1 aliphatic heterocycles. The van der Waals surface area contributed by atoms with Crippen LogP contribution in [0, 0.1) is 5.92 Å². The number of hydrogen-bond donors (Lipinski definition) is 1. The van der Waals surface area contributed by atoms with E-state index in [-0.39, 0.29) is 23.7 Å². The molecule has 2 amide bonds. The van der Waals surface area contributed by atoms with Gasteiger partial charge < -0.3 is 15.0 Å². The van der Waals surface area contributed by atoms with Crippen LogP contribution in [-0.2, 0) is 9.59 Å². The highest BCUT2D eigenvalue weighted by Crippen LogP contribution is 2.35. The predicted octanol–water partition coefficient (Wildman–Crippen LogP) is 3.59. The molecule has 1 atom stereocenters. The number of aromatic nitrogens is 2. The third kappa shape index (κ3) is 4.01. The smallest absolute Gasteiger partial charge is 0.229 e. The molecule has 1 saturated heterocycles. The van der Waals surface area contributed by atoms with Gasteiger partial charge in [0, 0.05) is 30.5 Å². The Balaban J connectivity index is 1.39. The van der Waals surface area contributed by atoms with Crippen molar-refractivity contribution in [3.8, 4) is 5.75 Å². The van der Waals surface area contributed by atoms with E-state index in [2.05, 4.69) is 15.5 Å². The number of carbonyl (C=O) groups is 2. The van der Waals surface area contributed by atoms with Crippen molar-refractivity contribution in [2.45, 2.75) is 44.4 Å². The molecule has 1 N–H and O–H groups in total. The normalized spacial score (nSPS) is 20.4. The van der Waals surface area contributed by atoms with E-state index in [4.69, 9.17) is 4.74 Å². The molecule has 0 radical (unpaired) electrons. The number of methoxy groups -OCH3 is 1. The standard InChI is InChI=1S/C20H24N4O3S/c1-27-16-9-7-15(8-10-16)24-12-14(11-17(24)25)19-22-23-20(28-19)21-18(26)13-5-3-2-4-6-13/h7-10,13-14H,2-6,11-12H2,1H3,(H,21,23,26). The predicted molar refractivity (Wildman–Crippen MR) is 108 cm³/mol. The maximum absolute atomic E-state index is 12.5. The summed E-state index contributed by atoms with van der Waals surface area (Å²) >= 11 is 1.37. The number of benzene rings is 1. The van der Waals surface area contributed by atoms with Crippen LogP contribution >= 0.6 is 11.3 Å². The minimum absolute atomic E-state index is 0.00701. The molecule has 2 aromatic rings. The van der Waals surface area contributed by atoms with Crippen LogP contribution in [0.25, 0.3) is 0 Å². The van der Waals surface area contributed by atoms with Crippen molar-refractivity contribution < 1.29 is 14.3 Å². The maximum Gasteiger partial charge on any atom is 0.229 e. The van der Waals surface area contributed by atoms with Gasteiger partial charge in [0.15, 0.2) is 0 Å². The second-order valence-corrected chi connectivity index (χ2v) is 8.38. The van der Waals surface area contributed by atoms with Gasteiger partial charge in [-0.15, -0.1) is 10.2 Å². The first kappa shape index (κ1) is 18.9. The zero-order valence-electron chi connectivity index (χ0n) is 15.9. The van der Waals surface area contributed by atoms with Crippen molar-refractivity contribution in [3.05, 3.63) is 29.3 Å². The Kier molecular flexibility index (Phi) is 5.57. The summed E-state index contributed by atoms with van der Waals surface area (Å²) in [5.74, 6) is 0.949. The third-order valence-electron chi connectivity index (χ3n) is 5.51. The molecule has 28 heavy (non-hydrogen) atoms. The zero-order valence-corrected chi connectivity index (χ0v) is 16.7. The molecule has 2 aliphatic rings. The highest BCUT2D eigenvalue weighted by atomic mass is 32.1. The number of carbonyl (C=O) groups excluding carboxylic acids is 2. The van der Waals surface area contributed by atoms with Gasteiger partial charge in [0.05, 0.1) is 7.11 Å². The van der Waals surface area contributed by atoms with Gasteiger partial charge in [-0.05, 0) is 37.1 Å². The lowest BCUT2D eigenvalue weighted by Crippen LogP contribution is -2.24. The maximum atomic E-state index is 12.5. The van der Waals surface area contributed by atoms with Crippen molar-refractivity contribution in [1.29, 1.82) is 0 Å². The van der Waals surface area contributed by atoms with Crippen molar-refractivity contribution >= 4 is 34.0 Å². The highest BCUT2D eigenvalue weighted by Gasteiger charge is 2.34. The van der Waals surface area contributed by atoms with E-state index in [1.807, 2.05) is 24.3 Å². The number of ether oxygens (including phenoxy) is 1. The van der Waals surface area contributed by atoms with Gasteiger partial charge in [0.25, 0.3) is 0 Å². The number of rotatable bonds is 5. The summed E-state index contributed by atoms with van der Waals surface area (Å²) < 4.78 is 5.17. The molecule has 1 saturated carbocycles. The van der Waals surface area contributed by atoms with E-state index in [1.54, 1.807) is 12.0 Å². The fourth-order valence-corrected chi connectivity index (χ4v) is 4.74. The highest BCUT2D eigenvalue weighted by molar-refractivity contribution is 7.15. The largest absolute Gasteiger partial charge is 0.497 e. The quantitative estimate of drug-likeness (QED) is 0.829. The Hall–Kier alpha value is -2.48. The SMILES string of the molecule is COc1ccc(N2CC(c3nnc(NC(=O)C4CCCCC4)s3)CC2=O)cc1. The molecule has 2 fully saturated rings. The Bertz CT molecular complexity index is 845. The lowest BCUT2D eigenvalue weighted by Gasteiger charge is -2.19. The molecule has 1 aromatic heterocycles. The monoisotopic (exact) mass is 400 g/mol. The van der Waals surface area contributed by atoms with E-state index >= 15 is 0 Å².